The van der Waals surface area contributed by atoms with Crippen molar-refractivity contribution in [3.63, 3.8) is 0 Å². The molecule has 3 rings (SSSR count). The van der Waals surface area contributed by atoms with Gasteiger partial charge in [-0.1, -0.05) is 0 Å². The highest BCUT2D eigenvalue weighted by Crippen LogP contribution is 2.31. The fourth-order valence-corrected chi connectivity index (χ4v) is 3.60. The Kier molecular flexibility index (Phi) is 4.22. The molecule has 1 N–H and O–H groups in total. The van der Waals surface area contributed by atoms with E-state index in [4.69, 9.17) is 4.74 Å². The van der Waals surface area contributed by atoms with Gasteiger partial charge in [-0.05, 0) is 48.7 Å². The van der Waals surface area contributed by atoms with Crippen molar-refractivity contribution >= 4 is 11.3 Å². The van der Waals surface area contributed by atoms with Crippen LogP contribution in [0, 0.1) is 5.41 Å². The van der Waals surface area contributed by atoms with Gasteiger partial charge in [-0.3, -0.25) is 0 Å². The molecule has 19 heavy (non-hydrogen) atoms. The molecular formula is C15H24N2OS. The Morgan fingerprint density at radius 2 is 2.42 bits per heavy atom. The Labute approximate surface area is 119 Å². The van der Waals surface area contributed by atoms with Gasteiger partial charge in [0, 0.05) is 37.7 Å². The fourth-order valence-electron chi connectivity index (χ4n) is 2.94. The van der Waals surface area contributed by atoms with Crippen LogP contribution in [0.4, 0.5) is 0 Å². The van der Waals surface area contributed by atoms with E-state index < -0.39 is 0 Å². The number of nitrogens with zero attached hydrogens (tertiary/aromatic N) is 1. The predicted molar refractivity (Wildman–Crippen MR) is 79.5 cm³/mol. The first-order chi connectivity index (χ1) is 9.26. The van der Waals surface area contributed by atoms with Crippen LogP contribution in [-0.2, 0) is 11.3 Å². The van der Waals surface area contributed by atoms with Gasteiger partial charge in [-0.25, -0.2) is 0 Å². The first kappa shape index (κ1) is 13.6. The van der Waals surface area contributed by atoms with Crippen LogP contribution in [-0.4, -0.2) is 44.3 Å². The summed E-state index contributed by atoms with van der Waals surface area (Å²) in [6.07, 6.45) is 3.92. The number of nitrogens with one attached hydrogen (secondary N) is 1. The maximum Gasteiger partial charge on any atom is 0.0547 e. The van der Waals surface area contributed by atoms with Gasteiger partial charge in [0.25, 0.3) is 0 Å². The minimum Gasteiger partial charge on any atom is -0.381 e. The normalized spacial score (nSPS) is 27.3. The summed E-state index contributed by atoms with van der Waals surface area (Å²) >= 11 is 1.78. The molecule has 1 atom stereocenters. The molecule has 1 aromatic rings. The van der Waals surface area contributed by atoms with E-state index in [0.29, 0.717) is 5.41 Å². The van der Waals surface area contributed by atoms with E-state index >= 15 is 0 Å². The van der Waals surface area contributed by atoms with E-state index in [1.54, 1.807) is 11.3 Å². The van der Waals surface area contributed by atoms with E-state index in [0.717, 1.165) is 38.9 Å². The van der Waals surface area contributed by atoms with Gasteiger partial charge < -0.3 is 15.0 Å². The van der Waals surface area contributed by atoms with E-state index in [1.807, 2.05) is 0 Å². The summed E-state index contributed by atoms with van der Waals surface area (Å²) in [5.41, 5.74) is 1.75. The van der Waals surface area contributed by atoms with Gasteiger partial charge in [0.05, 0.1) is 6.61 Å². The third-order valence-electron chi connectivity index (χ3n) is 4.17. The van der Waals surface area contributed by atoms with E-state index in [9.17, 15) is 0 Å². The summed E-state index contributed by atoms with van der Waals surface area (Å²) in [4.78, 5) is 2.45. The largest absolute Gasteiger partial charge is 0.381 e. The molecule has 1 saturated carbocycles. The molecule has 1 aliphatic carbocycles. The van der Waals surface area contributed by atoms with E-state index in [-0.39, 0.29) is 0 Å². The molecule has 3 nitrogen and oxygen atoms in total. The number of rotatable bonds is 7. The summed E-state index contributed by atoms with van der Waals surface area (Å²) in [6.45, 7) is 5.14. The monoisotopic (exact) mass is 280 g/mol. The van der Waals surface area contributed by atoms with Crippen molar-refractivity contribution in [2.24, 2.45) is 5.41 Å². The zero-order valence-electron chi connectivity index (χ0n) is 11.7. The van der Waals surface area contributed by atoms with Crippen LogP contribution in [0.3, 0.4) is 0 Å². The molecule has 0 aromatic carbocycles. The molecule has 4 heteroatoms. The first-order valence-corrected chi connectivity index (χ1v) is 8.21. The van der Waals surface area contributed by atoms with Crippen LogP contribution in [0.5, 0.6) is 0 Å². The summed E-state index contributed by atoms with van der Waals surface area (Å²) < 4.78 is 5.68. The molecular weight excluding hydrogens is 256 g/mol. The third kappa shape index (κ3) is 3.78. The van der Waals surface area contributed by atoms with Crippen LogP contribution in [0.2, 0.25) is 0 Å². The van der Waals surface area contributed by atoms with Crippen molar-refractivity contribution in [1.82, 2.24) is 10.2 Å². The predicted octanol–water partition coefficient (Wildman–Crippen LogP) is 2.34. The fraction of sp³-hybridized carbons (Fsp3) is 0.733. The molecule has 0 bridgehead atoms. The quantitative estimate of drug-likeness (QED) is 0.830. The van der Waals surface area contributed by atoms with Crippen molar-refractivity contribution < 1.29 is 4.74 Å². The average molecular weight is 280 g/mol. The lowest BCUT2D eigenvalue weighted by Gasteiger charge is -2.32. The van der Waals surface area contributed by atoms with Crippen molar-refractivity contribution in [3.05, 3.63) is 22.4 Å². The lowest BCUT2D eigenvalue weighted by molar-refractivity contribution is 0.116. The van der Waals surface area contributed by atoms with Crippen molar-refractivity contribution in [2.45, 2.75) is 31.8 Å². The number of thiophene rings is 1. The summed E-state index contributed by atoms with van der Waals surface area (Å²) in [6, 6.07) is 3.01. The average Bonchev–Trinajstić information content (AvgIpc) is 2.87. The van der Waals surface area contributed by atoms with Gasteiger partial charge in [-0.15, -0.1) is 0 Å². The Morgan fingerprint density at radius 3 is 3.05 bits per heavy atom. The zero-order chi connectivity index (χ0) is 13.1. The second-order valence-electron chi connectivity index (χ2n) is 6.26. The minimum atomic E-state index is 0.327. The maximum absolute atomic E-state index is 5.68. The van der Waals surface area contributed by atoms with Crippen LogP contribution in [0.1, 0.15) is 24.8 Å². The number of hydrogen-bond acceptors (Lipinski definition) is 4. The molecule has 2 aliphatic rings. The van der Waals surface area contributed by atoms with Gasteiger partial charge in [0.2, 0.25) is 0 Å². The Hall–Kier alpha value is -0.420. The van der Waals surface area contributed by atoms with Crippen LogP contribution in [0.25, 0.3) is 0 Å². The Bertz CT molecular complexity index is 383. The van der Waals surface area contributed by atoms with Gasteiger partial charge in [0.1, 0.15) is 0 Å². The highest BCUT2D eigenvalue weighted by molar-refractivity contribution is 7.07. The Morgan fingerprint density at radius 1 is 1.53 bits per heavy atom. The number of ether oxygens (including phenoxy) is 1. The molecule has 1 saturated heterocycles. The molecule has 0 amide bonds. The molecule has 2 fully saturated rings. The molecule has 1 unspecified atom stereocenters. The molecule has 0 spiro atoms. The molecule has 106 valence electrons. The SMILES string of the molecule is CN(Cc1ccsc1)CC1(CNC2CC2)CCOC1. The first-order valence-electron chi connectivity index (χ1n) is 7.27. The van der Waals surface area contributed by atoms with Crippen LogP contribution < -0.4 is 5.32 Å². The Balaban J connectivity index is 1.53. The van der Waals surface area contributed by atoms with Crippen LogP contribution in [0.15, 0.2) is 16.8 Å². The van der Waals surface area contributed by atoms with Crippen molar-refractivity contribution in [1.29, 1.82) is 0 Å². The van der Waals surface area contributed by atoms with Crippen molar-refractivity contribution in [2.75, 3.05) is 33.4 Å². The zero-order valence-corrected chi connectivity index (χ0v) is 12.5. The van der Waals surface area contributed by atoms with Gasteiger partial charge in [-0.2, -0.15) is 11.3 Å². The van der Waals surface area contributed by atoms with E-state index in [1.165, 1.54) is 24.8 Å². The summed E-state index contributed by atoms with van der Waals surface area (Å²) in [5, 5.41) is 8.10. The van der Waals surface area contributed by atoms with Crippen molar-refractivity contribution in [3.8, 4) is 0 Å². The molecule has 2 heterocycles. The van der Waals surface area contributed by atoms with Crippen LogP contribution >= 0.6 is 11.3 Å². The lowest BCUT2D eigenvalue weighted by Crippen LogP contribution is -2.44. The summed E-state index contributed by atoms with van der Waals surface area (Å²) in [7, 11) is 2.23. The standard InChI is InChI=1S/C15H24N2OS/c1-17(8-13-4-7-19-9-13)11-15(5-6-18-12-15)10-16-14-2-3-14/h4,7,9,14,16H,2-3,5-6,8,10-12H2,1H3. The lowest BCUT2D eigenvalue weighted by atomic mass is 9.86. The maximum atomic E-state index is 5.68. The summed E-state index contributed by atoms with van der Waals surface area (Å²) in [5.74, 6) is 0. The molecule has 1 aliphatic heterocycles. The van der Waals surface area contributed by atoms with Gasteiger partial charge in [0.15, 0.2) is 0 Å². The topological polar surface area (TPSA) is 24.5 Å². The highest BCUT2D eigenvalue weighted by Gasteiger charge is 2.37. The van der Waals surface area contributed by atoms with Gasteiger partial charge >= 0.3 is 0 Å². The highest BCUT2D eigenvalue weighted by atomic mass is 32.1. The minimum absolute atomic E-state index is 0.327. The molecule has 1 aromatic heterocycles. The second-order valence-corrected chi connectivity index (χ2v) is 7.04. The number of hydrogen-bond donors (Lipinski definition) is 1. The second kappa shape index (κ2) is 5.92. The third-order valence-corrected chi connectivity index (χ3v) is 4.90. The van der Waals surface area contributed by atoms with E-state index in [2.05, 4.69) is 34.1 Å². The smallest absolute Gasteiger partial charge is 0.0547 e. The molecule has 0 radical (unpaired) electrons.